The number of hydrogen-bond acceptors (Lipinski definition) is 2. The van der Waals surface area contributed by atoms with Gasteiger partial charge in [0, 0.05) is 6.04 Å². The van der Waals surface area contributed by atoms with Crippen LogP contribution in [0.4, 0.5) is 8.78 Å². The Balaban J connectivity index is 2.68. The molecule has 0 radical (unpaired) electrons. The normalized spacial score (nSPS) is 12.5. The Labute approximate surface area is 107 Å². The quantitative estimate of drug-likeness (QED) is 0.760. The van der Waals surface area contributed by atoms with Crippen LogP contribution in [0.25, 0.3) is 0 Å². The second-order valence-corrected chi connectivity index (χ2v) is 4.63. The molecule has 0 bridgehead atoms. The van der Waals surface area contributed by atoms with Gasteiger partial charge in [0.2, 0.25) is 0 Å². The van der Waals surface area contributed by atoms with E-state index in [0.717, 1.165) is 19.3 Å². The molecule has 4 heteroatoms. The van der Waals surface area contributed by atoms with Gasteiger partial charge in [-0.25, -0.2) is 8.78 Å². The summed E-state index contributed by atoms with van der Waals surface area (Å²) in [6.07, 6.45) is 3.29. The number of hydrogen-bond donors (Lipinski definition) is 1. The fourth-order valence-corrected chi connectivity index (χ4v) is 1.77. The van der Waals surface area contributed by atoms with E-state index in [2.05, 4.69) is 6.92 Å². The molecule has 0 saturated heterocycles. The van der Waals surface area contributed by atoms with Crippen molar-refractivity contribution in [2.75, 3.05) is 6.61 Å². The fourth-order valence-electron chi connectivity index (χ4n) is 1.77. The molecule has 2 N–H and O–H groups in total. The minimum Gasteiger partial charge on any atom is -0.488 e. The van der Waals surface area contributed by atoms with E-state index < -0.39 is 11.6 Å². The van der Waals surface area contributed by atoms with Crippen LogP contribution in [0, 0.1) is 11.6 Å². The molecule has 0 aliphatic heterocycles. The lowest BCUT2D eigenvalue weighted by atomic mass is 10.1. The Morgan fingerprint density at radius 2 is 1.83 bits per heavy atom. The van der Waals surface area contributed by atoms with Gasteiger partial charge in [-0.1, -0.05) is 19.8 Å². The highest BCUT2D eigenvalue weighted by Crippen LogP contribution is 2.24. The first kappa shape index (κ1) is 14.9. The van der Waals surface area contributed by atoms with Crippen LogP contribution in [0.1, 0.15) is 38.7 Å². The highest BCUT2D eigenvalue weighted by Gasteiger charge is 2.13. The van der Waals surface area contributed by atoms with Crippen LogP contribution in [0.5, 0.6) is 5.75 Å². The van der Waals surface area contributed by atoms with E-state index in [4.69, 9.17) is 10.5 Å². The van der Waals surface area contributed by atoms with Crippen molar-refractivity contribution in [3.8, 4) is 5.75 Å². The largest absolute Gasteiger partial charge is 0.488 e. The molecule has 0 saturated carbocycles. The molecule has 1 aromatic carbocycles. The van der Waals surface area contributed by atoms with Gasteiger partial charge in [0.1, 0.15) is 0 Å². The van der Waals surface area contributed by atoms with Gasteiger partial charge in [0.15, 0.2) is 17.4 Å². The van der Waals surface area contributed by atoms with E-state index in [1.165, 1.54) is 12.1 Å². The molecule has 1 aromatic rings. The van der Waals surface area contributed by atoms with Crippen LogP contribution in [0.3, 0.4) is 0 Å². The number of unbranched alkanes of at least 4 members (excludes halogenated alkanes) is 2. The lowest BCUT2D eigenvalue weighted by Crippen LogP contribution is -2.18. The van der Waals surface area contributed by atoms with Crippen molar-refractivity contribution < 1.29 is 13.5 Å². The molecule has 0 aliphatic rings. The van der Waals surface area contributed by atoms with Gasteiger partial charge < -0.3 is 10.5 Å². The molecule has 0 aliphatic carbocycles. The molecular formula is C14H21F2NO. The van der Waals surface area contributed by atoms with Crippen LogP contribution in [-0.2, 0) is 6.42 Å². The molecule has 0 heterocycles. The Morgan fingerprint density at radius 3 is 2.33 bits per heavy atom. The third-order valence-corrected chi connectivity index (χ3v) is 2.61. The monoisotopic (exact) mass is 257 g/mol. The number of rotatable bonds is 7. The molecule has 0 amide bonds. The van der Waals surface area contributed by atoms with E-state index in [9.17, 15) is 8.78 Å². The zero-order valence-corrected chi connectivity index (χ0v) is 11.0. The number of nitrogens with two attached hydrogens (primary N) is 1. The van der Waals surface area contributed by atoms with E-state index in [0.29, 0.717) is 18.6 Å². The summed E-state index contributed by atoms with van der Waals surface area (Å²) in [6, 6.07) is 2.46. The van der Waals surface area contributed by atoms with Crippen molar-refractivity contribution >= 4 is 0 Å². The van der Waals surface area contributed by atoms with Crippen LogP contribution in [-0.4, -0.2) is 12.6 Å². The van der Waals surface area contributed by atoms with Gasteiger partial charge >= 0.3 is 0 Å². The van der Waals surface area contributed by atoms with E-state index in [1.54, 1.807) is 6.92 Å². The Bertz CT molecular complexity index is 357. The molecule has 0 aromatic heterocycles. The molecular weight excluding hydrogens is 236 g/mol. The van der Waals surface area contributed by atoms with Crippen molar-refractivity contribution in [2.24, 2.45) is 5.73 Å². The number of ether oxygens (including phenoxy) is 1. The van der Waals surface area contributed by atoms with Gasteiger partial charge in [-0.2, -0.15) is 0 Å². The summed E-state index contributed by atoms with van der Waals surface area (Å²) in [5.41, 5.74) is 6.16. The third kappa shape index (κ3) is 4.61. The first-order valence-corrected chi connectivity index (χ1v) is 6.41. The summed E-state index contributed by atoms with van der Waals surface area (Å²) < 4.78 is 32.5. The van der Waals surface area contributed by atoms with Crippen LogP contribution in [0.2, 0.25) is 0 Å². The van der Waals surface area contributed by atoms with Crippen molar-refractivity contribution in [1.82, 2.24) is 0 Å². The van der Waals surface area contributed by atoms with Gasteiger partial charge in [-0.3, -0.25) is 0 Å². The number of halogens is 2. The SMILES string of the molecule is CCCCCOc1c(F)cc(CC(C)N)cc1F. The van der Waals surface area contributed by atoms with Crippen molar-refractivity contribution in [3.63, 3.8) is 0 Å². The summed E-state index contributed by atoms with van der Waals surface area (Å²) in [4.78, 5) is 0. The summed E-state index contributed by atoms with van der Waals surface area (Å²) in [5.74, 6) is -1.58. The lowest BCUT2D eigenvalue weighted by Gasteiger charge is -2.11. The van der Waals surface area contributed by atoms with Crippen LogP contribution >= 0.6 is 0 Å². The topological polar surface area (TPSA) is 35.2 Å². The molecule has 102 valence electrons. The zero-order valence-electron chi connectivity index (χ0n) is 11.0. The Hall–Kier alpha value is -1.16. The molecule has 2 nitrogen and oxygen atoms in total. The summed E-state index contributed by atoms with van der Waals surface area (Å²) in [7, 11) is 0. The molecule has 0 spiro atoms. The lowest BCUT2D eigenvalue weighted by molar-refractivity contribution is 0.276. The number of benzene rings is 1. The predicted octanol–water partition coefficient (Wildman–Crippen LogP) is 3.42. The third-order valence-electron chi connectivity index (χ3n) is 2.61. The fraction of sp³-hybridized carbons (Fsp3) is 0.571. The molecule has 0 fully saturated rings. The maximum atomic E-state index is 13.7. The minimum atomic E-state index is -0.651. The van der Waals surface area contributed by atoms with Crippen molar-refractivity contribution in [3.05, 3.63) is 29.3 Å². The van der Waals surface area contributed by atoms with Gasteiger partial charge in [-0.05, 0) is 37.5 Å². The minimum absolute atomic E-state index is 0.125. The maximum Gasteiger partial charge on any atom is 0.190 e. The second-order valence-electron chi connectivity index (χ2n) is 4.63. The smallest absolute Gasteiger partial charge is 0.190 e. The molecule has 1 atom stereocenters. The van der Waals surface area contributed by atoms with E-state index in [1.807, 2.05) is 0 Å². The van der Waals surface area contributed by atoms with Crippen molar-refractivity contribution in [1.29, 1.82) is 0 Å². The summed E-state index contributed by atoms with van der Waals surface area (Å²) in [6.45, 7) is 4.20. The molecule has 18 heavy (non-hydrogen) atoms. The Morgan fingerprint density at radius 1 is 1.22 bits per heavy atom. The Kier molecular flexibility index (Phi) is 6.05. The highest BCUT2D eigenvalue weighted by molar-refractivity contribution is 5.31. The molecule has 1 rings (SSSR count). The average molecular weight is 257 g/mol. The van der Waals surface area contributed by atoms with E-state index in [-0.39, 0.29) is 11.8 Å². The predicted molar refractivity (Wildman–Crippen MR) is 68.7 cm³/mol. The first-order chi connectivity index (χ1) is 8.54. The summed E-state index contributed by atoms with van der Waals surface area (Å²) in [5, 5.41) is 0. The molecule has 1 unspecified atom stereocenters. The standard InChI is InChI=1S/C14H21F2NO/c1-3-4-5-6-18-14-12(15)8-11(7-10(2)17)9-13(14)16/h8-10H,3-7,17H2,1-2H3. The highest BCUT2D eigenvalue weighted by atomic mass is 19.1. The van der Waals surface area contributed by atoms with E-state index >= 15 is 0 Å². The summed E-state index contributed by atoms with van der Waals surface area (Å²) >= 11 is 0. The van der Waals surface area contributed by atoms with Gasteiger partial charge in [0.05, 0.1) is 6.61 Å². The van der Waals surface area contributed by atoms with Crippen LogP contribution < -0.4 is 10.5 Å². The van der Waals surface area contributed by atoms with Gasteiger partial charge in [-0.15, -0.1) is 0 Å². The first-order valence-electron chi connectivity index (χ1n) is 6.41. The second kappa shape index (κ2) is 7.31. The maximum absolute atomic E-state index is 13.7. The average Bonchev–Trinajstić information content (AvgIpc) is 2.26. The zero-order chi connectivity index (χ0) is 13.5. The van der Waals surface area contributed by atoms with Gasteiger partial charge in [0.25, 0.3) is 0 Å². The van der Waals surface area contributed by atoms with Crippen molar-refractivity contribution in [2.45, 2.75) is 45.6 Å². The van der Waals surface area contributed by atoms with Crippen LogP contribution in [0.15, 0.2) is 12.1 Å².